The maximum atomic E-state index is 4.20. The molecule has 0 atom stereocenters. The van der Waals surface area contributed by atoms with Gasteiger partial charge in [-0.2, -0.15) is 4.68 Å². The highest BCUT2D eigenvalue weighted by Crippen LogP contribution is 2.20. The summed E-state index contributed by atoms with van der Waals surface area (Å²) in [6.45, 7) is 6.34. The van der Waals surface area contributed by atoms with E-state index in [0.717, 1.165) is 5.56 Å². The topological polar surface area (TPSA) is 69.4 Å². The van der Waals surface area contributed by atoms with Gasteiger partial charge in [-0.3, -0.25) is 0 Å². The molecule has 0 aliphatic carbocycles. The predicted octanol–water partition coefficient (Wildman–Crippen LogP) is 0.750. The van der Waals surface area contributed by atoms with Crippen molar-refractivity contribution in [2.24, 2.45) is 0 Å². The Labute approximate surface area is 87.4 Å². The number of rotatable bonds is 1. The van der Waals surface area contributed by atoms with Gasteiger partial charge in [0.25, 0.3) is 5.95 Å². The van der Waals surface area contributed by atoms with Crippen LogP contribution >= 0.6 is 0 Å². The van der Waals surface area contributed by atoms with E-state index in [1.54, 1.807) is 12.4 Å². The Hall–Kier alpha value is -1.85. The number of tetrazole rings is 1. The van der Waals surface area contributed by atoms with Crippen LogP contribution in [0.15, 0.2) is 18.7 Å². The fourth-order valence-electron chi connectivity index (χ4n) is 1.08. The first-order valence-electron chi connectivity index (χ1n) is 4.63. The molecule has 2 aromatic heterocycles. The smallest absolute Gasteiger partial charge is 0.219 e. The van der Waals surface area contributed by atoms with Gasteiger partial charge in [-0.1, -0.05) is 20.8 Å². The number of aromatic nitrogens is 6. The Morgan fingerprint density at radius 2 is 1.80 bits per heavy atom. The first kappa shape index (κ1) is 9.70. The van der Waals surface area contributed by atoms with E-state index in [0.29, 0.717) is 5.95 Å². The molecule has 0 spiro atoms. The van der Waals surface area contributed by atoms with E-state index in [2.05, 4.69) is 46.3 Å². The van der Waals surface area contributed by atoms with Gasteiger partial charge in [0.05, 0.1) is 0 Å². The van der Waals surface area contributed by atoms with Crippen molar-refractivity contribution >= 4 is 0 Å². The molecule has 0 aliphatic rings. The molecule has 15 heavy (non-hydrogen) atoms. The summed E-state index contributed by atoms with van der Waals surface area (Å²) in [7, 11) is 0. The molecule has 0 saturated carbocycles. The fourth-order valence-corrected chi connectivity index (χ4v) is 1.08. The Morgan fingerprint density at radius 3 is 2.27 bits per heavy atom. The standard InChI is InChI=1S/C9H12N6/c1-9(2,3)7-4-10-8(11-5-7)15-6-12-13-14-15/h4-6H,1-3H3. The zero-order chi connectivity index (χ0) is 10.9. The van der Waals surface area contributed by atoms with Crippen LogP contribution in [0.25, 0.3) is 5.95 Å². The molecule has 0 unspecified atom stereocenters. The van der Waals surface area contributed by atoms with Crippen molar-refractivity contribution in [2.75, 3.05) is 0 Å². The zero-order valence-electron chi connectivity index (χ0n) is 8.92. The van der Waals surface area contributed by atoms with Crippen LogP contribution < -0.4 is 0 Å². The molecule has 2 heterocycles. The molecular weight excluding hydrogens is 192 g/mol. The highest BCUT2D eigenvalue weighted by Gasteiger charge is 2.14. The molecule has 78 valence electrons. The van der Waals surface area contributed by atoms with E-state index < -0.39 is 0 Å². The zero-order valence-corrected chi connectivity index (χ0v) is 8.92. The Balaban J connectivity index is 2.33. The van der Waals surface area contributed by atoms with Crippen LogP contribution in [-0.2, 0) is 5.41 Å². The summed E-state index contributed by atoms with van der Waals surface area (Å²) in [4.78, 5) is 8.39. The minimum Gasteiger partial charge on any atom is -0.219 e. The Morgan fingerprint density at radius 1 is 1.13 bits per heavy atom. The van der Waals surface area contributed by atoms with Crippen molar-refractivity contribution in [3.63, 3.8) is 0 Å². The molecule has 6 nitrogen and oxygen atoms in total. The lowest BCUT2D eigenvalue weighted by atomic mass is 9.89. The van der Waals surface area contributed by atoms with Crippen molar-refractivity contribution < 1.29 is 0 Å². The molecule has 6 heteroatoms. The summed E-state index contributed by atoms with van der Waals surface area (Å²) in [5.41, 5.74) is 1.14. The largest absolute Gasteiger partial charge is 0.253 e. The van der Waals surface area contributed by atoms with E-state index in [-0.39, 0.29) is 5.41 Å². The molecule has 2 aromatic rings. The summed E-state index contributed by atoms with van der Waals surface area (Å²) in [5, 5.41) is 10.8. The third kappa shape index (κ3) is 1.98. The van der Waals surface area contributed by atoms with Crippen LogP contribution in [0.3, 0.4) is 0 Å². The lowest BCUT2D eigenvalue weighted by Crippen LogP contribution is -2.13. The highest BCUT2D eigenvalue weighted by atomic mass is 15.5. The number of hydrogen-bond acceptors (Lipinski definition) is 5. The summed E-state index contributed by atoms with van der Waals surface area (Å²) in [5.74, 6) is 0.480. The van der Waals surface area contributed by atoms with Crippen LogP contribution in [-0.4, -0.2) is 30.2 Å². The predicted molar refractivity (Wildman–Crippen MR) is 53.4 cm³/mol. The minimum absolute atomic E-state index is 0.0547. The van der Waals surface area contributed by atoms with Gasteiger partial charge >= 0.3 is 0 Å². The Bertz CT molecular complexity index is 425. The van der Waals surface area contributed by atoms with Crippen LogP contribution in [0.1, 0.15) is 26.3 Å². The van der Waals surface area contributed by atoms with E-state index in [1.807, 2.05) is 0 Å². The molecule has 0 radical (unpaired) electrons. The molecule has 0 bridgehead atoms. The molecule has 0 fully saturated rings. The van der Waals surface area contributed by atoms with E-state index in [9.17, 15) is 0 Å². The lowest BCUT2D eigenvalue weighted by molar-refractivity contribution is 0.581. The van der Waals surface area contributed by atoms with Crippen LogP contribution in [0, 0.1) is 0 Å². The van der Waals surface area contributed by atoms with Gasteiger partial charge in [0, 0.05) is 12.4 Å². The second-order valence-corrected chi connectivity index (χ2v) is 4.28. The van der Waals surface area contributed by atoms with Crippen molar-refractivity contribution in [1.29, 1.82) is 0 Å². The maximum Gasteiger partial charge on any atom is 0.253 e. The van der Waals surface area contributed by atoms with Crippen LogP contribution in [0.4, 0.5) is 0 Å². The van der Waals surface area contributed by atoms with Crippen molar-refractivity contribution in [2.45, 2.75) is 26.2 Å². The fraction of sp³-hybridized carbons (Fsp3) is 0.444. The summed E-state index contributed by atoms with van der Waals surface area (Å²) >= 11 is 0. The monoisotopic (exact) mass is 204 g/mol. The quantitative estimate of drug-likeness (QED) is 0.685. The van der Waals surface area contributed by atoms with Gasteiger partial charge in [-0.15, -0.1) is 5.10 Å². The second-order valence-electron chi connectivity index (χ2n) is 4.28. The van der Waals surface area contributed by atoms with Gasteiger partial charge < -0.3 is 0 Å². The second kappa shape index (κ2) is 3.38. The van der Waals surface area contributed by atoms with E-state index >= 15 is 0 Å². The van der Waals surface area contributed by atoms with Gasteiger partial charge in [-0.25, -0.2) is 9.97 Å². The maximum absolute atomic E-state index is 4.20. The highest BCUT2D eigenvalue weighted by molar-refractivity contribution is 5.18. The SMILES string of the molecule is CC(C)(C)c1cnc(-n2cnnn2)nc1. The molecule has 0 N–H and O–H groups in total. The van der Waals surface area contributed by atoms with Crippen molar-refractivity contribution in [1.82, 2.24) is 30.2 Å². The molecular formula is C9H12N6. The Kier molecular flexibility index (Phi) is 2.18. The van der Waals surface area contributed by atoms with Crippen LogP contribution in [0.2, 0.25) is 0 Å². The van der Waals surface area contributed by atoms with E-state index in [1.165, 1.54) is 11.0 Å². The lowest BCUT2D eigenvalue weighted by Gasteiger charge is -2.17. The molecule has 0 aliphatic heterocycles. The number of hydrogen-bond donors (Lipinski definition) is 0. The number of nitrogens with zero attached hydrogens (tertiary/aromatic N) is 6. The molecule has 0 saturated heterocycles. The van der Waals surface area contributed by atoms with Crippen molar-refractivity contribution in [3.8, 4) is 5.95 Å². The molecule has 2 rings (SSSR count). The summed E-state index contributed by atoms with van der Waals surface area (Å²) in [6, 6.07) is 0. The molecule has 0 amide bonds. The summed E-state index contributed by atoms with van der Waals surface area (Å²) < 4.78 is 1.42. The van der Waals surface area contributed by atoms with E-state index in [4.69, 9.17) is 0 Å². The molecule has 0 aromatic carbocycles. The minimum atomic E-state index is 0.0547. The van der Waals surface area contributed by atoms with Crippen LogP contribution in [0.5, 0.6) is 0 Å². The van der Waals surface area contributed by atoms with Gasteiger partial charge in [-0.05, 0) is 21.4 Å². The average Bonchev–Trinajstić information content (AvgIpc) is 2.69. The first-order chi connectivity index (χ1) is 7.07. The third-order valence-corrected chi connectivity index (χ3v) is 2.06. The van der Waals surface area contributed by atoms with Crippen molar-refractivity contribution in [3.05, 3.63) is 24.3 Å². The first-order valence-corrected chi connectivity index (χ1v) is 4.63. The van der Waals surface area contributed by atoms with Gasteiger partial charge in [0.2, 0.25) is 0 Å². The average molecular weight is 204 g/mol. The third-order valence-electron chi connectivity index (χ3n) is 2.06. The normalized spacial score (nSPS) is 11.7. The van der Waals surface area contributed by atoms with Gasteiger partial charge in [0.1, 0.15) is 6.33 Å². The summed E-state index contributed by atoms with van der Waals surface area (Å²) in [6.07, 6.45) is 5.06. The van der Waals surface area contributed by atoms with Gasteiger partial charge in [0.15, 0.2) is 0 Å².